The lowest BCUT2D eigenvalue weighted by Gasteiger charge is -2.14. The number of benzene rings is 3. The Labute approximate surface area is 170 Å². The van der Waals surface area contributed by atoms with Gasteiger partial charge in [0.2, 0.25) is 0 Å². The molecule has 0 saturated heterocycles. The Morgan fingerprint density at radius 3 is 2.48 bits per heavy atom. The number of hydrogen-bond acceptors (Lipinski definition) is 5. The number of nitrogens with two attached hydrogens (primary N) is 1. The molecule has 0 aliphatic heterocycles. The maximum absolute atomic E-state index is 10.5. The number of nitrogens with one attached hydrogen (secondary N) is 1. The SMILES string of the molecule is CC[C@H](N)CNc1nc(-c2cc(-c3ccccc3)ccc2O)nc2ccccc12. The minimum Gasteiger partial charge on any atom is -0.507 e. The highest BCUT2D eigenvalue weighted by atomic mass is 16.3. The van der Waals surface area contributed by atoms with Gasteiger partial charge in [-0.3, -0.25) is 0 Å². The second kappa shape index (κ2) is 8.29. The zero-order chi connectivity index (χ0) is 20.2. The Bertz CT molecular complexity index is 1130. The Kier molecular flexibility index (Phi) is 5.40. The van der Waals surface area contributed by atoms with Crippen molar-refractivity contribution < 1.29 is 5.11 Å². The largest absolute Gasteiger partial charge is 0.507 e. The van der Waals surface area contributed by atoms with Gasteiger partial charge < -0.3 is 16.2 Å². The van der Waals surface area contributed by atoms with E-state index in [-0.39, 0.29) is 11.8 Å². The molecule has 5 heteroatoms. The third-order valence-electron chi connectivity index (χ3n) is 5.00. The second-order valence-corrected chi connectivity index (χ2v) is 7.06. The highest BCUT2D eigenvalue weighted by molar-refractivity contribution is 5.91. The van der Waals surface area contributed by atoms with Crippen LogP contribution in [0.3, 0.4) is 0 Å². The van der Waals surface area contributed by atoms with Gasteiger partial charge in [-0.15, -0.1) is 0 Å². The Hall–Kier alpha value is -3.44. The molecule has 0 bridgehead atoms. The van der Waals surface area contributed by atoms with Crippen LogP contribution in [0.15, 0.2) is 72.8 Å². The monoisotopic (exact) mass is 384 g/mol. The summed E-state index contributed by atoms with van der Waals surface area (Å²) in [6.45, 7) is 2.68. The van der Waals surface area contributed by atoms with Gasteiger partial charge in [0.15, 0.2) is 5.82 Å². The molecule has 3 aromatic carbocycles. The van der Waals surface area contributed by atoms with E-state index in [9.17, 15) is 5.11 Å². The van der Waals surface area contributed by atoms with Crippen molar-refractivity contribution in [2.75, 3.05) is 11.9 Å². The quantitative estimate of drug-likeness (QED) is 0.444. The molecule has 1 heterocycles. The van der Waals surface area contributed by atoms with Crippen LogP contribution in [-0.2, 0) is 0 Å². The van der Waals surface area contributed by atoms with E-state index in [1.165, 1.54) is 0 Å². The van der Waals surface area contributed by atoms with Crippen LogP contribution in [0.4, 0.5) is 5.82 Å². The second-order valence-electron chi connectivity index (χ2n) is 7.06. The summed E-state index contributed by atoms with van der Waals surface area (Å²) in [4.78, 5) is 9.44. The average molecular weight is 384 g/mol. The zero-order valence-corrected chi connectivity index (χ0v) is 16.3. The maximum atomic E-state index is 10.5. The van der Waals surface area contributed by atoms with E-state index in [0.29, 0.717) is 17.9 Å². The fourth-order valence-electron chi connectivity index (χ4n) is 3.23. The first-order chi connectivity index (χ1) is 14.2. The third-order valence-corrected chi connectivity index (χ3v) is 5.00. The molecule has 0 aliphatic rings. The van der Waals surface area contributed by atoms with Crippen LogP contribution in [0.2, 0.25) is 0 Å². The first-order valence-electron chi connectivity index (χ1n) is 9.80. The van der Waals surface area contributed by atoms with Crippen LogP contribution >= 0.6 is 0 Å². The first kappa shape index (κ1) is 18.9. The summed E-state index contributed by atoms with van der Waals surface area (Å²) < 4.78 is 0. The molecule has 4 aromatic rings. The highest BCUT2D eigenvalue weighted by Gasteiger charge is 2.14. The Morgan fingerprint density at radius 1 is 0.931 bits per heavy atom. The molecule has 146 valence electrons. The summed E-state index contributed by atoms with van der Waals surface area (Å²) in [5, 5.41) is 14.8. The molecule has 0 saturated carbocycles. The molecule has 4 N–H and O–H groups in total. The van der Waals surface area contributed by atoms with Crippen molar-refractivity contribution in [3.63, 3.8) is 0 Å². The molecule has 29 heavy (non-hydrogen) atoms. The van der Waals surface area contributed by atoms with Crippen LogP contribution in [0.1, 0.15) is 13.3 Å². The van der Waals surface area contributed by atoms with Gasteiger partial charge in [-0.2, -0.15) is 0 Å². The van der Waals surface area contributed by atoms with Crippen molar-refractivity contribution in [3.05, 3.63) is 72.8 Å². The highest BCUT2D eigenvalue weighted by Crippen LogP contribution is 2.33. The average Bonchev–Trinajstić information content (AvgIpc) is 2.78. The fraction of sp³-hybridized carbons (Fsp3) is 0.167. The smallest absolute Gasteiger partial charge is 0.165 e. The van der Waals surface area contributed by atoms with Crippen molar-refractivity contribution >= 4 is 16.7 Å². The van der Waals surface area contributed by atoms with E-state index in [4.69, 9.17) is 15.7 Å². The van der Waals surface area contributed by atoms with Gasteiger partial charge in [0.1, 0.15) is 11.6 Å². The topological polar surface area (TPSA) is 84.1 Å². The molecule has 1 aromatic heterocycles. The molecular formula is C24H24N4O. The number of para-hydroxylation sites is 1. The summed E-state index contributed by atoms with van der Waals surface area (Å²) in [5.41, 5.74) is 9.56. The predicted octanol–water partition coefficient (Wildman–Crippen LogP) is 4.82. The van der Waals surface area contributed by atoms with Crippen molar-refractivity contribution in [1.82, 2.24) is 9.97 Å². The lowest BCUT2D eigenvalue weighted by Crippen LogP contribution is -2.28. The van der Waals surface area contributed by atoms with E-state index in [2.05, 4.69) is 12.2 Å². The number of phenolic OH excluding ortho intramolecular Hbond substituents is 1. The number of rotatable bonds is 6. The molecule has 0 spiro atoms. The predicted molar refractivity (Wildman–Crippen MR) is 119 cm³/mol. The van der Waals surface area contributed by atoms with Gasteiger partial charge in [-0.1, -0.05) is 55.5 Å². The molecular weight excluding hydrogens is 360 g/mol. The minimum absolute atomic E-state index is 0.0435. The van der Waals surface area contributed by atoms with E-state index in [1.807, 2.05) is 66.7 Å². The number of fused-ring (bicyclic) bond motifs is 1. The van der Waals surface area contributed by atoms with E-state index < -0.39 is 0 Å². The molecule has 0 radical (unpaired) electrons. The molecule has 0 unspecified atom stereocenters. The van der Waals surface area contributed by atoms with E-state index >= 15 is 0 Å². The van der Waals surface area contributed by atoms with Crippen LogP contribution in [0, 0.1) is 0 Å². The Balaban J connectivity index is 1.81. The van der Waals surface area contributed by atoms with E-state index in [1.54, 1.807) is 6.07 Å². The molecule has 1 atom stereocenters. The van der Waals surface area contributed by atoms with Crippen LogP contribution < -0.4 is 11.1 Å². The number of hydrogen-bond donors (Lipinski definition) is 3. The van der Waals surface area contributed by atoms with Crippen LogP contribution in [0.25, 0.3) is 33.4 Å². The third kappa shape index (κ3) is 4.05. The first-order valence-corrected chi connectivity index (χ1v) is 9.80. The lowest BCUT2D eigenvalue weighted by molar-refractivity contribution is 0.477. The summed E-state index contributed by atoms with van der Waals surface area (Å²) in [6.07, 6.45) is 0.878. The van der Waals surface area contributed by atoms with Gasteiger partial charge in [0.05, 0.1) is 11.1 Å². The van der Waals surface area contributed by atoms with E-state index in [0.717, 1.165) is 34.3 Å². The standard InChI is InChI=1S/C24H24N4O/c1-2-18(25)15-26-23-19-10-6-7-11-21(19)27-24(28-23)20-14-17(12-13-22(20)29)16-8-4-3-5-9-16/h3-14,18,29H,2,15,25H2,1H3,(H,26,27,28)/t18-/m0/s1. The van der Waals surface area contributed by atoms with Gasteiger partial charge in [-0.05, 0) is 41.8 Å². The van der Waals surface area contributed by atoms with Crippen molar-refractivity contribution in [2.45, 2.75) is 19.4 Å². The van der Waals surface area contributed by atoms with Gasteiger partial charge in [-0.25, -0.2) is 9.97 Å². The van der Waals surface area contributed by atoms with Crippen LogP contribution in [0.5, 0.6) is 5.75 Å². The van der Waals surface area contributed by atoms with Gasteiger partial charge >= 0.3 is 0 Å². The molecule has 0 aliphatic carbocycles. The summed E-state index contributed by atoms with van der Waals surface area (Å²) in [5.74, 6) is 1.35. The Morgan fingerprint density at radius 2 is 1.69 bits per heavy atom. The maximum Gasteiger partial charge on any atom is 0.165 e. The summed E-state index contributed by atoms with van der Waals surface area (Å²) >= 11 is 0. The number of aromatic nitrogens is 2. The summed E-state index contributed by atoms with van der Waals surface area (Å²) in [6, 6.07) is 23.4. The summed E-state index contributed by atoms with van der Waals surface area (Å²) in [7, 11) is 0. The van der Waals surface area contributed by atoms with Crippen molar-refractivity contribution in [2.24, 2.45) is 5.73 Å². The normalized spacial score (nSPS) is 12.1. The van der Waals surface area contributed by atoms with Gasteiger partial charge in [0.25, 0.3) is 0 Å². The lowest BCUT2D eigenvalue weighted by atomic mass is 10.0. The number of aromatic hydroxyl groups is 1. The van der Waals surface area contributed by atoms with Crippen molar-refractivity contribution in [1.29, 1.82) is 0 Å². The van der Waals surface area contributed by atoms with Crippen LogP contribution in [-0.4, -0.2) is 27.7 Å². The van der Waals surface area contributed by atoms with Gasteiger partial charge in [0, 0.05) is 18.0 Å². The molecule has 0 fully saturated rings. The molecule has 4 rings (SSSR count). The van der Waals surface area contributed by atoms with Crippen molar-refractivity contribution in [3.8, 4) is 28.3 Å². The molecule has 5 nitrogen and oxygen atoms in total. The number of anilines is 1. The fourth-order valence-corrected chi connectivity index (χ4v) is 3.23. The zero-order valence-electron chi connectivity index (χ0n) is 16.3. The minimum atomic E-state index is 0.0435. The number of phenols is 1. The molecule has 0 amide bonds. The number of nitrogens with zero attached hydrogens (tertiary/aromatic N) is 2.